The van der Waals surface area contributed by atoms with Gasteiger partial charge in [-0.25, -0.2) is 18.1 Å². The Kier molecular flexibility index (Phi) is 4.95. The van der Waals surface area contributed by atoms with Gasteiger partial charge in [0.15, 0.2) is 0 Å². The Hall–Kier alpha value is -1.18. The Bertz CT molecular complexity index is 522. The molecule has 0 radical (unpaired) electrons. The van der Waals surface area contributed by atoms with Crippen LogP contribution in [0.5, 0.6) is 0 Å². The molecule has 2 heterocycles. The summed E-state index contributed by atoms with van der Waals surface area (Å²) in [4.78, 5) is 6.51. The van der Waals surface area contributed by atoms with Crippen LogP contribution in [0.3, 0.4) is 0 Å². The monoisotopic (exact) mass is 298 g/mol. The molecule has 1 aliphatic rings. The predicted molar refractivity (Wildman–Crippen MR) is 79.2 cm³/mol. The van der Waals surface area contributed by atoms with Crippen LogP contribution in [0.1, 0.15) is 12.8 Å². The minimum absolute atomic E-state index is 0.212. The fourth-order valence-corrected chi connectivity index (χ4v) is 3.32. The third-order valence-electron chi connectivity index (χ3n) is 3.70. The second-order valence-corrected chi connectivity index (χ2v) is 6.99. The maximum Gasteiger partial charge on any atom is 0.242 e. The van der Waals surface area contributed by atoms with E-state index >= 15 is 0 Å². The lowest BCUT2D eigenvalue weighted by Crippen LogP contribution is -2.36. The van der Waals surface area contributed by atoms with Crippen molar-refractivity contribution in [3.63, 3.8) is 0 Å². The number of sulfonamides is 1. The molecule has 1 aromatic heterocycles. The van der Waals surface area contributed by atoms with Gasteiger partial charge in [0.1, 0.15) is 10.7 Å². The van der Waals surface area contributed by atoms with Gasteiger partial charge >= 0.3 is 0 Å². The van der Waals surface area contributed by atoms with Crippen LogP contribution in [0.4, 0.5) is 5.82 Å². The van der Waals surface area contributed by atoms with E-state index in [4.69, 9.17) is 0 Å². The van der Waals surface area contributed by atoms with Gasteiger partial charge in [-0.15, -0.1) is 0 Å². The molecule has 0 saturated carbocycles. The van der Waals surface area contributed by atoms with Gasteiger partial charge in [0.25, 0.3) is 0 Å². The summed E-state index contributed by atoms with van der Waals surface area (Å²) in [6.45, 7) is 2.57. The van der Waals surface area contributed by atoms with Gasteiger partial charge in [0, 0.05) is 19.8 Å². The molecule has 112 valence electrons. The Morgan fingerprint density at radius 3 is 2.60 bits per heavy atom. The van der Waals surface area contributed by atoms with E-state index in [1.807, 2.05) is 0 Å². The quantitative estimate of drug-likeness (QED) is 0.839. The van der Waals surface area contributed by atoms with E-state index in [9.17, 15) is 8.42 Å². The molecule has 1 aliphatic heterocycles. The molecule has 0 aromatic carbocycles. The normalized spacial score (nSPS) is 18.1. The molecular weight excluding hydrogens is 276 g/mol. The van der Waals surface area contributed by atoms with Crippen LogP contribution in [0.25, 0.3) is 0 Å². The van der Waals surface area contributed by atoms with Crippen LogP contribution in [0.15, 0.2) is 23.2 Å². The average Bonchev–Trinajstić information content (AvgIpc) is 2.47. The Morgan fingerprint density at radius 1 is 1.35 bits per heavy atom. The summed E-state index contributed by atoms with van der Waals surface area (Å²) in [5, 5.41) is 2.86. The van der Waals surface area contributed by atoms with Crippen LogP contribution < -0.4 is 10.0 Å². The summed E-state index contributed by atoms with van der Waals surface area (Å²) in [5.74, 6) is 1.07. The van der Waals surface area contributed by atoms with Crippen molar-refractivity contribution in [2.75, 3.05) is 39.0 Å². The number of likely N-dealkylation sites (tertiary alicyclic amines) is 1. The second kappa shape index (κ2) is 6.51. The number of nitrogens with one attached hydrogen (secondary N) is 2. The molecule has 0 unspecified atom stereocenters. The molecule has 20 heavy (non-hydrogen) atoms. The van der Waals surface area contributed by atoms with E-state index in [-0.39, 0.29) is 4.90 Å². The van der Waals surface area contributed by atoms with Crippen LogP contribution >= 0.6 is 0 Å². The van der Waals surface area contributed by atoms with Crippen LogP contribution in [0.2, 0.25) is 0 Å². The lowest BCUT2D eigenvalue weighted by atomic mass is 9.98. The summed E-state index contributed by atoms with van der Waals surface area (Å²) in [5.41, 5.74) is 0. The third-order valence-corrected chi connectivity index (χ3v) is 5.11. The smallest absolute Gasteiger partial charge is 0.242 e. The van der Waals surface area contributed by atoms with E-state index in [1.54, 1.807) is 19.2 Å². The first-order chi connectivity index (χ1) is 9.51. The summed E-state index contributed by atoms with van der Waals surface area (Å²) >= 11 is 0. The van der Waals surface area contributed by atoms with Crippen molar-refractivity contribution in [2.45, 2.75) is 17.7 Å². The van der Waals surface area contributed by atoms with Gasteiger partial charge in [-0.2, -0.15) is 0 Å². The van der Waals surface area contributed by atoms with Crippen LogP contribution in [-0.4, -0.2) is 52.0 Å². The summed E-state index contributed by atoms with van der Waals surface area (Å²) < 4.78 is 27.0. The number of aromatic nitrogens is 1. The Labute approximate surface area is 120 Å². The molecule has 6 nitrogen and oxygen atoms in total. The minimum Gasteiger partial charge on any atom is -0.373 e. The van der Waals surface area contributed by atoms with Gasteiger partial charge in [0.2, 0.25) is 10.0 Å². The highest BCUT2D eigenvalue weighted by Gasteiger charge is 2.20. The molecule has 2 rings (SSSR count). The summed E-state index contributed by atoms with van der Waals surface area (Å²) in [6, 6.07) is 3.22. The van der Waals surface area contributed by atoms with E-state index in [0.717, 1.165) is 25.9 Å². The largest absolute Gasteiger partial charge is 0.373 e. The van der Waals surface area contributed by atoms with Gasteiger partial charge < -0.3 is 10.2 Å². The van der Waals surface area contributed by atoms with Gasteiger partial charge in [-0.05, 0) is 51.0 Å². The number of pyridine rings is 1. The second-order valence-electron chi connectivity index (χ2n) is 5.23. The van der Waals surface area contributed by atoms with Crippen molar-refractivity contribution < 1.29 is 8.42 Å². The predicted octanol–water partition coefficient (Wildman–Crippen LogP) is 0.743. The Morgan fingerprint density at radius 2 is 2.05 bits per heavy atom. The molecule has 0 atom stereocenters. The fourth-order valence-electron chi connectivity index (χ4n) is 2.26. The third kappa shape index (κ3) is 3.91. The first-order valence-corrected chi connectivity index (χ1v) is 8.31. The number of hydrogen-bond acceptors (Lipinski definition) is 5. The fraction of sp³-hybridized carbons (Fsp3) is 0.615. The molecule has 2 N–H and O–H groups in total. The van der Waals surface area contributed by atoms with Crippen molar-refractivity contribution in [1.82, 2.24) is 14.6 Å². The number of nitrogens with zero attached hydrogens (tertiary/aromatic N) is 2. The maximum atomic E-state index is 12.2. The lowest BCUT2D eigenvalue weighted by Gasteiger charge is -2.28. The van der Waals surface area contributed by atoms with Crippen molar-refractivity contribution in [2.24, 2.45) is 5.92 Å². The van der Waals surface area contributed by atoms with Gasteiger partial charge in [-0.3, -0.25) is 0 Å². The van der Waals surface area contributed by atoms with Crippen molar-refractivity contribution >= 4 is 15.8 Å². The molecule has 0 bridgehead atoms. The average molecular weight is 298 g/mol. The standard InChI is InChI=1S/C13H22N4O2S/c1-14-13-4-3-12(10-15-13)20(18,19)16-9-11-5-7-17(2)8-6-11/h3-4,10-11,16H,5-9H2,1-2H3,(H,14,15). The molecular formula is C13H22N4O2S. The molecule has 0 amide bonds. The summed E-state index contributed by atoms with van der Waals surface area (Å²) in [7, 11) is 0.385. The zero-order chi connectivity index (χ0) is 14.6. The minimum atomic E-state index is -3.45. The van der Waals surface area contributed by atoms with Crippen molar-refractivity contribution in [3.8, 4) is 0 Å². The zero-order valence-corrected chi connectivity index (χ0v) is 12.8. The van der Waals surface area contributed by atoms with Crippen LogP contribution in [-0.2, 0) is 10.0 Å². The van der Waals surface area contributed by atoms with E-state index < -0.39 is 10.0 Å². The van der Waals surface area contributed by atoms with Crippen molar-refractivity contribution in [1.29, 1.82) is 0 Å². The molecule has 1 saturated heterocycles. The molecule has 1 aromatic rings. The molecule has 0 aliphatic carbocycles. The summed E-state index contributed by atoms with van der Waals surface area (Å²) in [6.07, 6.45) is 3.45. The Balaban J connectivity index is 1.93. The highest BCUT2D eigenvalue weighted by molar-refractivity contribution is 7.89. The molecule has 7 heteroatoms. The molecule has 0 spiro atoms. The maximum absolute atomic E-state index is 12.2. The van der Waals surface area contributed by atoms with Gasteiger partial charge in [0.05, 0.1) is 0 Å². The van der Waals surface area contributed by atoms with E-state index in [1.165, 1.54) is 6.20 Å². The molecule has 1 fully saturated rings. The number of rotatable bonds is 5. The first kappa shape index (κ1) is 15.2. The van der Waals surface area contributed by atoms with E-state index in [0.29, 0.717) is 18.3 Å². The van der Waals surface area contributed by atoms with Crippen molar-refractivity contribution in [3.05, 3.63) is 18.3 Å². The SMILES string of the molecule is CNc1ccc(S(=O)(=O)NCC2CCN(C)CC2)cn1. The number of anilines is 1. The van der Waals surface area contributed by atoms with Gasteiger partial charge in [-0.1, -0.05) is 0 Å². The topological polar surface area (TPSA) is 74.3 Å². The highest BCUT2D eigenvalue weighted by Crippen LogP contribution is 2.16. The number of hydrogen-bond donors (Lipinski definition) is 2. The highest BCUT2D eigenvalue weighted by atomic mass is 32.2. The van der Waals surface area contributed by atoms with Crippen LogP contribution in [0, 0.1) is 5.92 Å². The van der Waals surface area contributed by atoms with E-state index in [2.05, 4.69) is 27.0 Å². The zero-order valence-electron chi connectivity index (χ0n) is 12.0. The lowest BCUT2D eigenvalue weighted by molar-refractivity contribution is 0.220. The number of piperidine rings is 1. The first-order valence-electron chi connectivity index (χ1n) is 6.83.